The quantitative estimate of drug-likeness (QED) is 0.577. The Morgan fingerprint density at radius 1 is 0.857 bits per heavy atom. The van der Waals surface area contributed by atoms with E-state index in [0.29, 0.717) is 0 Å². The number of anilines is 1. The zero-order valence-electron chi connectivity index (χ0n) is 10.4. The van der Waals surface area contributed by atoms with Gasteiger partial charge in [-0.3, -0.25) is 4.79 Å². The lowest BCUT2D eigenvalue weighted by Crippen LogP contribution is -2.56. The number of halogens is 6. The first-order valence-electron chi connectivity index (χ1n) is 6.09. The van der Waals surface area contributed by atoms with Crippen LogP contribution in [0.3, 0.4) is 0 Å². The van der Waals surface area contributed by atoms with Crippen molar-refractivity contribution >= 4 is 34.2 Å². The van der Waals surface area contributed by atoms with Crippen molar-refractivity contribution in [3.8, 4) is 0 Å². The Labute approximate surface area is 131 Å². The molecule has 1 aliphatic carbocycles. The number of carbonyl (C=O) groups excluding carboxylic acids is 1. The van der Waals surface area contributed by atoms with Crippen molar-refractivity contribution in [3.63, 3.8) is 0 Å². The molecular weight excluding hydrogens is 408 g/mol. The average Bonchev–Trinajstić information content (AvgIpc) is 2.46. The first-order valence-corrected chi connectivity index (χ1v) is 7.17. The van der Waals surface area contributed by atoms with E-state index in [1.807, 2.05) is 22.6 Å². The standard InChI is InChI=1S/C13H11F5INO/c14-8-7(9(15)11(17)12(18)10(8)16)13(21)20-6-3-1-5(19)2-4-6/h1-4,7-12H,(H,20,21)/t7?,8-,9+,10-,11-,12?/m0/s1. The lowest BCUT2D eigenvalue weighted by molar-refractivity contribution is -0.138. The topological polar surface area (TPSA) is 29.1 Å². The van der Waals surface area contributed by atoms with Crippen LogP contribution in [-0.4, -0.2) is 36.8 Å². The van der Waals surface area contributed by atoms with Crippen LogP contribution in [0.25, 0.3) is 0 Å². The number of amides is 1. The normalized spacial score (nSPS) is 36.3. The third kappa shape index (κ3) is 3.29. The van der Waals surface area contributed by atoms with Crippen LogP contribution in [0.5, 0.6) is 0 Å². The summed E-state index contributed by atoms with van der Waals surface area (Å²) < 4.78 is 67.7. The third-order valence-electron chi connectivity index (χ3n) is 3.32. The fourth-order valence-corrected chi connectivity index (χ4v) is 2.51. The lowest BCUT2D eigenvalue weighted by Gasteiger charge is -2.35. The van der Waals surface area contributed by atoms with E-state index in [2.05, 4.69) is 5.32 Å². The summed E-state index contributed by atoms with van der Waals surface area (Å²) in [6.07, 6.45) is -14.1. The molecule has 1 amide bonds. The minimum absolute atomic E-state index is 0.230. The van der Waals surface area contributed by atoms with Crippen LogP contribution in [0.15, 0.2) is 24.3 Å². The summed E-state index contributed by atoms with van der Waals surface area (Å²) >= 11 is 2.01. The molecular formula is C13H11F5INO. The van der Waals surface area contributed by atoms with Crippen molar-refractivity contribution in [1.29, 1.82) is 0 Å². The van der Waals surface area contributed by atoms with E-state index in [1.165, 1.54) is 12.1 Å². The van der Waals surface area contributed by atoms with Crippen LogP contribution in [0, 0.1) is 9.49 Å². The van der Waals surface area contributed by atoms with Gasteiger partial charge in [0.15, 0.2) is 18.5 Å². The number of carbonyl (C=O) groups is 1. The second-order valence-corrected chi connectivity index (χ2v) is 5.99. The van der Waals surface area contributed by atoms with Gasteiger partial charge in [0.25, 0.3) is 0 Å². The molecule has 116 valence electrons. The molecule has 1 N–H and O–H groups in total. The number of nitrogens with one attached hydrogen (secondary N) is 1. The highest BCUT2D eigenvalue weighted by Gasteiger charge is 2.56. The van der Waals surface area contributed by atoms with Crippen molar-refractivity contribution in [1.82, 2.24) is 0 Å². The second-order valence-electron chi connectivity index (χ2n) is 4.74. The molecule has 1 aromatic carbocycles. The highest BCUT2D eigenvalue weighted by molar-refractivity contribution is 14.1. The summed E-state index contributed by atoms with van der Waals surface area (Å²) in [6.45, 7) is 0. The van der Waals surface area contributed by atoms with Gasteiger partial charge in [-0.05, 0) is 46.9 Å². The van der Waals surface area contributed by atoms with Gasteiger partial charge in [-0.2, -0.15) is 0 Å². The van der Waals surface area contributed by atoms with Crippen molar-refractivity contribution in [2.24, 2.45) is 5.92 Å². The zero-order valence-corrected chi connectivity index (χ0v) is 12.6. The van der Waals surface area contributed by atoms with E-state index in [4.69, 9.17) is 0 Å². The van der Waals surface area contributed by atoms with Crippen LogP contribution in [0.4, 0.5) is 27.6 Å². The van der Waals surface area contributed by atoms with E-state index in [0.717, 1.165) is 3.57 Å². The summed E-state index contributed by atoms with van der Waals surface area (Å²) in [5.74, 6) is -3.44. The first-order chi connectivity index (χ1) is 9.82. The number of hydrogen-bond acceptors (Lipinski definition) is 1. The largest absolute Gasteiger partial charge is 0.326 e. The Balaban J connectivity index is 2.15. The number of alkyl halides is 5. The second kappa shape index (κ2) is 6.45. The summed E-state index contributed by atoms with van der Waals surface area (Å²) in [5.41, 5.74) is 0.230. The van der Waals surface area contributed by atoms with Crippen molar-refractivity contribution in [2.75, 3.05) is 5.32 Å². The van der Waals surface area contributed by atoms with Gasteiger partial charge in [-0.15, -0.1) is 0 Å². The molecule has 21 heavy (non-hydrogen) atoms. The van der Waals surface area contributed by atoms with Crippen LogP contribution in [0.1, 0.15) is 0 Å². The predicted molar refractivity (Wildman–Crippen MR) is 75.8 cm³/mol. The molecule has 2 rings (SSSR count). The Morgan fingerprint density at radius 3 is 1.76 bits per heavy atom. The molecule has 6 atom stereocenters. The van der Waals surface area contributed by atoms with E-state index in [1.54, 1.807) is 12.1 Å². The SMILES string of the molecule is O=C(Nc1ccc(I)cc1)C1[C@@H](F)[C@H](F)C(F)[C@@H](F)[C@H]1F. The number of benzene rings is 1. The molecule has 2 nitrogen and oxygen atoms in total. The van der Waals surface area contributed by atoms with Gasteiger partial charge in [-0.25, -0.2) is 22.0 Å². The molecule has 0 aromatic heterocycles. The maximum atomic E-state index is 13.6. The Morgan fingerprint density at radius 2 is 1.29 bits per heavy atom. The summed E-state index contributed by atoms with van der Waals surface area (Å²) in [6, 6.07) is 6.20. The summed E-state index contributed by atoms with van der Waals surface area (Å²) in [7, 11) is 0. The molecule has 2 unspecified atom stereocenters. The number of rotatable bonds is 2. The molecule has 0 aliphatic heterocycles. The minimum atomic E-state index is -2.91. The smallest absolute Gasteiger partial charge is 0.233 e. The molecule has 1 aliphatic rings. The molecule has 0 bridgehead atoms. The summed E-state index contributed by atoms with van der Waals surface area (Å²) in [5, 5.41) is 2.18. The Hall–Kier alpha value is -0.930. The van der Waals surface area contributed by atoms with E-state index in [9.17, 15) is 26.7 Å². The average molecular weight is 419 g/mol. The van der Waals surface area contributed by atoms with Gasteiger partial charge < -0.3 is 5.32 Å². The maximum absolute atomic E-state index is 13.6. The molecule has 1 aromatic rings. The van der Waals surface area contributed by atoms with Gasteiger partial charge in [0.1, 0.15) is 18.3 Å². The molecule has 0 saturated heterocycles. The minimum Gasteiger partial charge on any atom is -0.326 e. The Bertz CT molecular complexity index is 498. The fraction of sp³-hybridized carbons (Fsp3) is 0.462. The van der Waals surface area contributed by atoms with E-state index in [-0.39, 0.29) is 5.69 Å². The van der Waals surface area contributed by atoms with Gasteiger partial charge in [-0.1, -0.05) is 0 Å². The van der Waals surface area contributed by atoms with E-state index < -0.39 is 42.7 Å². The van der Waals surface area contributed by atoms with Gasteiger partial charge in [0.2, 0.25) is 5.91 Å². The predicted octanol–water partition coefficient (Wildman–Crippen LogP) is 3.55. The molecule has 8 heteroatoms. The first kappa shape index (κ1) is 16.4. The van der Waals surface area contributed by atoms with Crippen LogP contribution in [0.2, 0.25) is 0 Å². The maximum Gasteiger partial charge on any atom is 0.233 e. The third-order valence-corrected chi connectivity index (χ3v) is 4.04. The number of hydrogen-bond donors (Lipinski definition) is 1. The monoisotopic (exact) mass is 419 g/mol. The van der Waals surface area contributed by atoms with Gasteiger partial charge in [0.05, 0.1) is 0 Å². The van der Waals surface area contributed by atoms with Gasteiger partial charge in [0, 0.05) is 9.26 Å². The molecule has 1 fully saturated rings. The molecule has 0 spiro atoms. The Kier molecular flexibility index (Phi) is 5.05. The highest BCUT2D eigenvalue weighted by atomic mass is 127. The molecule has 1 saturated carbocycles. The summed E-state index contributed by atoms with van der Waals surface area (Å²) in [4.78, 5) is 11.8. The van der Waals surface area contributed by atoms with Crippen LogP contribution < -0.4 is 5.32 Å². The van der Waals surface area contributed by atoms with Crippen LogP contribution >= 0.6 is 22.6 Å². The molecule has 0 radical (unpaired) electrons. The fourth-order valence-electron chi connectivity index (χ4n) is 2.15. The lowest BCUT2D eigenvalue weighted by atomic mass is 9.81. The highest BCUT2D eigenvalue weighted by Crippen LogP contribution is 2.36. The molecule has 0 heterocycles. The van der Waals surface area contributed by atoms with Crippen molar-refractivity contribution in [3.05, 3.63) is 27.8 Å². The van der Waals surface area contributed by atoms with Gasteiger partial charge >= 0.3 is 0 Å². The van der Waals surface area contributed by atoms with Crippen molar-refractivity contribution < 1.29 is 26.7 Å². The zero-order chi connectivity index (χ0) is 15.7. The van der Waals surface area contributed by atoms with Crippen LogP contribution in [-0.2, 0) is 4.79 Å². The van der Waals surface area contributed by atoms with Crippen molar-refractivity contribution in [2.45, 2.75) is 30.9 Å². The van der Waals surface area contributed by atoms with E-state index >= 15 is 0 Å².